The molecule has 18 heteroatoms. The van der Waals surface area contributed by atoms with Crippen LogP contribution in [0.4, 0.5) is 45.5 Å². The Hall–Kier alpha value is -7.57. The number of benzene rings is 6. The van der Waals surface area contributed by atoms with Gasteiger partial charge in [0.05, 0.1) is 53.3 Å². The molecule has 312 valence electrons. The molecule has 0 saturated carbocycles. The summed E-state index contributed by atoms with van der Waals surface area (Å²) in [6.07, 6.45) is -0.0465. The smallest absolute Gasteiger partial charge is 0.335 e. The summed E-state index contributed by atoms with van der Waals surface area (Å²) in [5.41, 5.74) is 4.90. The van der Waals surface area contributed by atoms with Crippen LogP contribution >= 0.6 is 0 Å². The number of carboxylic acid groups (broad SMARTS) is 2. The predicted octanol–water partition coefficient (Wildman–Crippen LogP) is 11.5. The normalized spacial score (nSPS) is 11.8. The van der Waals surface area contributed by atoms with Gasteiger partial charge in [-0.15, -0.1) is 10.2 Å². The summed E-state index contributed by atoms with van der Waals surface area (Å²) in [5.74, 6) is -2.35. The maximum atomic E-state index is 11.6. The van der Waals surface area contributed by atoms with Gasteiger partial charge in [0.15, 0.2) is 5.75 Å². The summed E-state index contributed by atoms with van der Waals surface area (Å²) in [4.78, 5) is 23.1. The van der Waals surface area contributed by atoms with E-state index in [1.807, 2.05) is 56.3 Å². The minimum absolute atomic E-state index is 0.0180. The standard InChI is InChI=1S/C43H39N7O10S/c1-24-17-37(25(2)16-36(24)48-46-35-13-6-27-20-31(9-12-34(27)41(35)51)44-30-7-10-33(59-4)11-8-30)49-50-39-18-26(3)38(23-40(39)60-14-5-15-61(56,57)58)47-45-32-21-28(42(52)53)19-29(22-32)43(54)55/h6-13,16-23,44,51H,5,14-15H2,1-4H3,(H,52,53)(H,54,55)(H,56,57,58). The molecule has 5 N–H and O–H groups in total. The van der Waals surface area contributed by atoms with E-state index in [-0.39, 0.29) is 58.4 Å². The molecule has 0 fully saturated rings. The van der Waals surface area contributed by atoms with E-state index < -0.39 is 27.8 Å². The molecule has 0 aliphatic rings. The lowest BCUT2D eigenvalue weighted by Crippen LogP contribution is -2.08. The van der Waals surface area contributed by atoms with Crippen molar-refractivity contribution in [1.29, 1.82) is 0 Å². The van der Waals surface area contributed by atoms with Gasteiger partial charge in [-0.1, -0.05) is 6.07 Å². The Labute approximate surface area is 349 Å². The second-order valence-electron chi connectivity index (χ2n) is 13.7. The number of ether oxygens (including phenoxy) is 2. The molecule has 0 bridgehead atoms. The van der Waals surface area contributed by atoms with Crippen molar-refractivity contribution in [1.82, 2.24) is 0 Å². The van der Waals surface area contributed by atoms with Crippen LogP contribution in [-0.4, -0.2) is 59.7 Å². The number of aromatic carboxylic acids is 2. The average molecular weight is 846 g/mol. The fourth-order valence-electron chi connectivity index (χ4n) is 5.93. The van der Waals surface area contributed by atoms with Crippen molar-refractivity contribution in [2.45, 2.75) is 27.2 Å². The van der Waals surface area contributed by atoms with E-state index in [2.05, 4.69) is 36.0 Å². The highest BCUT2D eigenvalue weighted by Gasteiger charge is 2.15. The van der Waals surface area contributed by atoms with Gasteiger partial charge < -0.3 is 30.1 Å². The Morgan fingerprint density at radius 2 is 1.18 bits per heavy atom. The van der Waals surface area contributed by atoms with Gasteiger partial charge in [-0.05, 0) is 134 Å². The number of phenols is 1. The first kappa shape index (κ1) is 43.0. The van der Waals surface area contributed by atoms with Crippen LogP contribution in [0.15, 0.2) is 128 Å². The van der Waals surface area contributed by atoms with Crippen molar-refractivity contribution < 1.29 is 47.4 Å². The molecule has 0 unspecified atom stereocenters. The number of hydrogen-bond acceptors (Lipinski definition) is 14. The molecule has 0 radical (unpaired) electrons. The lowest BCUT2D eigenvalue weighted by Gasteiger charge is -2.11. The van der Waals surface area contributed by atoms with Crippen LogP contribution in [0.25, 0.3) is 10.8 Å². The second-order valence-corrected chi connectivity index (χ2v) is 15.3. The molecule has 0 heterocycles. The molecule has 0 aliphatic heterocycles. The van der Waals surface area contributed by atoms with Crippen LogP contribution in [0.3, 0.4) is 0 Å². The number of anilines is 2. The van der Waals surface area contributed by atoms with E-state index in [0.717, 1.165) is 28.6 Å². The van der Waals surface area contributed by atoms with Gasteiger partial charge in [-0.3, -0.25) is 4.55 Å². The molecule has 0 aromatic heterocycles. The number of carboxylic acids is 2. The number of hydrogen-bond donors (Lipinski definition) is 5. The number of aromatic hydroxyl groups is 1. The van der Waals surface area contributed by atoms with Crippen LogP contribution in [0.5, 0.6) is 17.2 Å². The molecular weight excluding hydrogens is 807 g/mol. The molecule has 6 aromatic rings. The van der Waals surface area contributed by atoms with Crippen LogP contribution in [0, 0.1) is 20.8 Å². The predicted molar refractivity (Wildman–Crippen MR) is 228 cm³/mol. The number of nitrogens with one attached hydrogen (secondary N) is 1. The minimum atomic E-state index is -4.24. The first-order valence-electron chi connectivity index (χ1n) is 18.4. The maximum Gasteiger partial charge on any atom is 0.335 e. The second kappa shape index (κ2) is 18.6. The van der Waals surface area contributed by atoms with Gasteiger partial charge in [-0.25, -0.2) is 9.59 Å². The minimum Gasteiger partial charge on any atom is -0.505 e. The first-order valence-corrected chi connectivity index (χ1v) is 20.1. The van der Waals surface area contributed by atoms with Crippen molar-refractivity contribution in [2.75, 3.05) is 24.8 Å². The summed E-state index contributed by atoms with van der Waals surface area (Å²) in [7, 11) is -2.62. The average Bonchev–Trinajstić information content (AvgIpc) is 3.22. The zero-order valence-electron chi connectivity index (χ0n) is 33.2. The van der Waals surface area contributed by atoms with Crippen molar-refractivity contribution in [3.8, 4) is 17.2 Å². The van der Waals surface area contributed by atoms with Crippen LogP contribution in [-0.2, 0) is 10.1 Å². The van der Waals surface area contributed by atoms with Crippen LogP contribution in [0.1, 0.15) is 43.8 Å². The van der Waals surface area contributed by atoms with E-state index in [0.29, 0.717) is 33.5 Å². The summed E-state index contributed by atoms with van der Waals surface area (Å²) < 4.78 is 42.8. The Balaban J connectivity index is 1.23. The topological polar surface area (TPSA) is 254 Å². The van der Waals surface area contributed by atoms with E-state index >= 15 is 0 Å². The number of fused-ring (bicyclic) bond motifs is 1. The highest BCUT2D eigenvalue weighted by molar-refractivity contribution is 7.85. The van der Waals surface area contributed by atoms with Crippen molar-refractivity contribution in [3.63, 3.8) is 0 Å². The summed E-state index contributed by atoms with van der Waals surface area (Å²) in [6, 6.07) is 26.6. The summed E-state index contributed by atoms with van der Waals surface area (Å²) >= 11 is 0. The van der Waals surface area contributed by atoms with Crippen molar-refractivity contribution in [3.05, 3.63) is 125 Å². The van der Waals surface area contributed by atoms with E-state index in [1.165, 1.54) is 18.2 Å². The van der Waals surface area contributed by atoms with Crippen molar-refractivity contribution in [2.24, 2.45) is 30.7 Å². The molecular formula is C43H39N7O10S. The number of nitrogens with zero attached hydrogens (tertiary/aromatic N) is 6. The SMILES string of the molecule is COc1ccc(Nc2ccc3c(O)c(N=Nc4cc(C)c(N=Nc5cc(C)c(N=Nc6cc(C(=O)O)cc(C(=O)O)c6)cc5OCCCS(=O)(=O)O)cc4C)ccc3c2)cc1. The van der Waals surface area contributed by atoms with E-state index in [1.54, 1.807) is 44.4 Å². The monoisotopic (exact) mass is 845 g/mol. The molecule has 0 spiro atoms. The fraction of sp³-hybridized carbons (Fsp3) is 0.163. The molecule has 0 saturated heterocycles. The summed E-state index contributed by atoms with van der Waals surface area (Å²) in [6.45, 7) is 5.21. The molecule has 0 atom stereocenters. The van der Waals surface area contributed by atoms with Gasteiger partial charge >= 0.3 is 11.9 Å². The Morgan fingerprint density at radius 1 is 0.639 bits per heavy atom. The van der Waals surface area contributed by atoms with Crippen molar-refractivity contribution >= 4 is 78.3 Å². The van der Waals surface area contributed by atoms with E-state index in [4.69, 9.17) is 14.0 Å². The quantitative estimate of drug-likeness (QED) is 0.0348. The largest absolute Gasteiger partial charge is 0.505 e. The number of aryl methyl sites for hydroxylation is 3. The third kappa shape index (κ3) is 11.1. The van der Waals surface area contributed by atoms with Crippen LogP contribution < -0.4 is 14.8 Å². The van der Waals surface area contributed by atoms with Gasteiger partial charge in [0, 0.05) is 22.8 Å². The molecule has 0 amide bonds. The van der Waals surface area contributed by atoms with Gasteiger partial charge in [0.2, 0.25) is 0 Å². The zero-order valence-corrected chi connectivity index (χ0v) is 34.0. The number of phenolic OH excluding ortho intramolecular Hbond substituents is 1. The highest BCUT2D eigenvalue weighted by Crippen LogP contribution is 2.40. The number of methoxy groups -OCH3 is 1. The van der Waals surface area contributed by atoms with Gasteiger partial charge in [-0.2, -0.15) is 28.9 Å². The molecule has 6 aromatic carbocycles. The molecule has 17 nitrogen and oxygen atoms in total. The molecule has 6 rings (SSSR count). The third-order valence-electron chi connectivity index (χ3n) is 9.16. The Kier molecular flexibility index (Phi) is 13.1. The zero-order chi connectivity index (χ0) is 43.8. The lowest BCUT2D eigenvalue weighted by atomic mass is 10.1. The van der Waals surface area contributed by atoms with Gasteiger partial charge in [0.25, 0.3) is 10.1 Å². The Morgan fingerprint density at radius 3 is 1.77 bits per heavy atom. The Bertz CT molecular complexity index is 2830. The molecule has 0 aliphatic carbocycles. The number of azo groups is 3. The molecule has 61 heavy (non-hydrogen) atoms. The van der Waals surface area contributed by atoms with E-state index in [9.17, 15) is 33.3 Å². The number of carbonyl (C=O) groups is 2. The highest BCUT2D eigenvalue weighted by atomic mass is 32.2. The maximum absolute atomic E-state index is 11.6. The lowest BCUT2D eigenvalue weighted by molar-refractivity contribution is 0.0696. The fourth-order valence-corrected chi connectivity index (χ4v) is 6.42. The summed E-state index contributed by atoms with van der Waals surface area (Å²) in [5, 5.41) is 60.6. The van der Waals surface area contributed by atoms with Gasteiger partial charge in [0.1, 0.15) is 22.9 Å². The number of rotatable bonds is 16. The first-order chi connectivity index (χ1) is 29.1. The third-order valence-corrected chi connectivity index (χ3v) is 9.97. The van der Waals surface area contributed by atoms with Crippen LogP contribution in [0.2, 0.25) is 0 Å².